The molecule has 0 radical (unpaired) electrons. The van der Waals surface area contributed by atoms with Gasteiger partial charge in [0.25, 0.3) is 0 Å². The van der Waals surface area contributed by atoms with E-state index in [1.165, 1.54) is 12.8 Å². The summed E-state index contributed by atoms with van der Waals surface area (Å²) in [6.07, 6.45) is 4.73. The van der Waals surface area contributed by atoms with Crippen LogP contribution in [-0.2, 0) is 0 Å². The molecular formula is C13H25N3O. The number of amides is 2. The first-order chi connectivity index (χ1) is 8.08. The van der Waals surface area contributed by atoms with Crippen molar-refractivity contribution in [1.82, 2.24) is 10.2 Å². The summed E-state index contributed by atoms with van der Waals surface area (Å²) < 4.78 is 0. The van der Waals surface area contributed by atoms with Crippen LogP contribution in [0.3, 0.4) is 0 Å². The van der Waals surface area contributed by atoms with Gasteiger partial charge in [0.1, 0.15) is 0 Å². The fraction of sp³-hybridized carbons (Fsp3) is 0.923. The third kappa shape index (κ3) is 2.92. The highest BCUT2D eigenvalue weighted by Crippen LogP contribution is 2.31. The van der Waals surface area contributed by atoms with Gasteiger partial charge in [-0.05, 0) is 37.5 Å². The zero-order valence-electron chi connectivity index (χ0n) is 11.0. The first kappa shape index (κ1) is 12.7. The van der Waals surface area contributed by atoms with Crippen molar-refractivity contribution >= 4 is 6.03 Å². The molecule has 1 heterocycles. The molecule has 2 aliphatic rings. The molecule has 1 aliphatic heterocycles. The third-order valence-corrected chi connectivity index (χ3v) is 4.72. The minimum atomic E-state index is -0.272. The van der Waals surface area contributed by atoms with Crippen molar-refractivity contribution in [3.63, 3.8) is 0 Å². The Morgan fingerprint density at radius 2 is 1.82 bits per heavy atom. The maximum Gasteiger partial charge on any atom is 0.314 e. The Kier molecular flexibility index (Phi) is 3.92. The van der Waals surface area contributed by atoms with Crippen LogP contribution >= 0.6 is 0 Å². The van der Waals surface area contributed by atoms with E-state index in [2.05, 4.69) is 19.2 Å². The summed E-state index contributed by atoms with van der Waals surface area (Å²) in [4.78, 5) is 12.8. The summed E-state index contributed by atoms with van der Waals surface area (Å²) in [6.45, 7) is 6.32. The number of nitrogens with two attached hydrogens (primary N) is 1. The van der Waals surface area contributed by atoms with Crippen molar-refractivity contribution in [3.05, 3.63) is 0 Å². The number of primary amides is 1. The number of carbonyl (C=O) groups is 1. The van der Waals surface area contributed by atoms with Crippen molar-refractivity contribution in [2.24, 2.45) is 17.6 Å². The van der Waals surface area contributed by atoms with Crippen molar-refractivity contribution in [3.8, 4) is 0 Å². The smallest absolute Gasteiger partial charge is 0.314 e. The van der Waals surface area contributed by atoms with E-state index in [1.54, 1.807) is 4.90 Å². The quantitative estimate of drug-likeness (QED) is 0.768. The van der Waals surface area contributed by atoms with Gasteiger partial charge >= 0.3 is 6.03 Å². The van der Waals surface area contributed by atoms with Crippen molar-refractivity contribution in [2.45, 2.75) is 51.6 Å². The van der Waals surface area contributed by atoms with Gasteiger partial charge in [-0.1, -0.05) is 13.8 Å². The lowest BCUT2D eigenvalue weighted by Gasteiger charge is -2.34. The van der Waals surface area contributed by atoms with E-state index in [-0.39, 0.29) is 6.03 Å². The van der Waals surface area contributed by atoms with E-state index >= 15 is 0 Å². The van der Waals surface area contributed by atoms with E-state index < -0.39 is 0 Å². The monoisotopic (exact) mass is 239 g/mol. The van der Waals surface area contributed by atoms with Crippen LogP contribution in [0.1, 0.15) is 39.5 Å². The van der Waals surface area contributed by atoms with Crippen LogP contribution in [-0.4, -0.2) is 36.1 Å². The highest BCUT2D eigenvalue weighted by molar-refractivity contribution is 5.72. The highest BCUT2D eigenvalue weighted by Gasteiger charge is 2.32. The van der Waals surface area contributed by atoms with Gasteiger partial charge in [-0.3, -0.25) is 0 Å². The Balaban J connectivity index is 1.77. The Hall–Kier alpha value is -0.770. The molecule has 98 valence electrons. The number of urea groups is 1. The minimum absolute atomic E-state index is 0.272. The second-order valence-electron chi connectivity index (χ2n) is 5.79. The largest absolute Gasteiger partial charge is 0.351 e. The molecule has 1 aliphatic carbocycles. The van der Waals surface area contributed by atoms with Gasteiger partial charge in [0, 0.05) is 25.2 Å². The van der Waals surface area contributed by atoms with Gasteiger partial charge in [0.05, 0.1) is 0 Å². The molecule has 3 atom stereocenters. The van der Waals surface area contributed by atoms with E-state index in [4.69, 9.17) is 5.73 Å². The van der Waals surface area contributed by atoms with Gasteiger partial charge in [-0.15, -0.1) is 0 Å². The lowest BCUT2D eigenvalue weighted by atomic mass is 9.96. The van der Waals surface area contributed by atoms with Crippen molar-refractivity contribution < 1.29 is 4.79 Å². The van der Waals surface area contributed by atoms with Gasteiger partial charge in [-0.2, -0.15) is 0 Å². The molecule has 0 aromatic rings. The van der Waals surface area contributed by atoms with Crippen molar-refractivity contribution in [1.29, 1.82) is 0 Å². The predicted octanol–water partition coefficient (Wildman–Crippen LogP) is 1.55. The van der Waals surface area contributed by atoms with Crippen LogP contribution in [0.2, 0.25) is 0 Å². The summed E-state index contributed by atoms with van der Waals surface area (Å²) in [7, 11) is 0. The molecule has 2 amide bonds. The zero-order valence-corrected chi connectivity index (χ0v) is 11.0. The summed E-state index contributed by atoms with van der Waals surface area (Å²) >= 11 is 0. The van der Waals surface area contributed by atoms with Crippen LogP contribution in [0.25, 0.3) is 0 Å². The Labute approximate surface area is 104 Å². The molecule has 0 spiro atoms. The molecule has 0 bridgehead atoms. The molecule has 4 nitrogen and oxygen atoms in total. The lowest BCUT2D eigenvalue weighted by molar-refractivity contribution is 0.179. The Bertz CT molecular complexity index is 274. The van der Waals surface area contributed by atoms with Crippen LogP contribution in [0.4, 0.5) is 4.79 Å². The predicted molar refractivity (Wildman–Crippen MR) is 68.7 cm³/mol. The first-order valence-electron chi connectivity index (χ1n) is 6.88. The van der Waals surface area contributed by atoms with Crippen LogP contribution in [0.5, 0.6) is 0 Å². The van der Waals surface area contributed by atoms with E-state index in [9.17, 15) is 4.79 Å². The maximum absolute atomic E-state index is 11.0. The number of nitrogens with zero attached hydrogens (tertiary/aromatic N) is 1. The molecule has 2 rings (SSSR count). The van der Waals surface area contributed by atoms with Crippen LogP contribution in [0, 0.1) is 11.8 Å². The zero-order chi connectivity index (χ0) is 12.4. The molecule has 3 N–H and O–H groups in total. The fourth-order valence-electron chi connectivity index (χ4n) is 3.17. The topological polar surface area (TPSA) is 58.4 Å². The summed E-state index contributed by atoms with van der Waals surface area (Å²) in [5, 5.41) is 3.78. The van der Waals surface area contributed by atoms with Gasteiger partial charge in [0.15, 0.2) is 0 Å². The molecule has 0 aromatic heterocycles. The molecule has 1 saturated heterocycles. The standard InChI is InChI=1S/C13H25N3O/c1-9-3-4-12(10(9)2)15-11-5-7-16(8-6-11)13(14)17/h9-12,15H,3-8H2,1-2H3,(H2,14,17). The van der Waals surface area contributed by atoms with E-state index in [0.29, 0.717) is 12.1 Å². The molecule has 2 fully saturated rings. The number of rotatable bonds is 2. The average molecular weight is 239 g/mol. The normalized spacial score (nSPS) is 35.2. The van der Waals surface area contributed by atoms with Gasteiger partial charge < -0.3 is 16.0 Å². The van der Waals surface area contributed by atoms with E-state index in [0.717, 1.165) is 37.8 Å². The first-order valence-corrected chi connectivity index (χ1v) is 6.88. The van der Waals surface area contributed by atoms with Gasteiger partial charge in [-0.25, -0.2) is 4.79 Å². The van der Waals surface area contributed by atoms with Crippen LogP contribution in [0.15, 0.2) is 0 Å². The summed E-state index contributed by atoms with van der Waals surface area (Å²) in [5.74, 6) is 1.63. The summed E-state index contributed by atoms with van der Waals surface area (Å²) in [5.41, 5.74) is 5.28. The SMILES string of the molecule is CC1CCC(NC2CCN(C(N)=O)CC2)C1C. The molecule has 0 aromatic carbocycles. The summed E-state index contributed by atoms with van der Waals surface area (Å²) in [6, 6.07) is 0.977. The molecule has 4 heteroatoms. The second-order valence-corrected chi connectivity index (χ2v) is 5.79. The highest BCUT2D eigenvalue weighted by atomic mass is 16.2. The average Bonchev–Trinajstić information content (AvgIpc) is 2.62. The maximum atomic E-state index is 11.0. The van der Waals surface area contributed by atoms with Crippen LogP contribution < -0.4 is 11.1 Å². The minimum Gasteiger partial charge on any atom is -0.351 e. The number of piperidine rings is 1. The number of hydrogen-bond donors (Lipinski definition) is 2. The van der Waals surface area contributed by atoms with Gasteiger partial charge in [0.2, 0.25) is 0 Å². The Morgan fingerprint density at radius 1 is 1.18 bits per heavy atom. The second kappa shape index (κ2) is 5.25. The number of nitrogens with one attached hydrogen (secondary N) is 1. The molecule has 17 heavy (non-hydrogen) atoms. The molecular weight excluding hydrogens is 214 g/mol. The fourth-order valence-corrected chi connectivity index (χ4v) is 3.17. The number of carbonyl (C=O) groups excluding carboxylic acids is 1. The number of likely N-dealkylation sites (tertiary alicyclic amines) is 1. The number of hydrogen-bond acceptors (Lipinski definition) is 2. The molecule has 1 saturated carbocycles. The Morgan fingerprint density at radius 3 is 2.29 bits per heavy atom. The lowest BCUT2D eigenvalue weighted by Crippen LogP contribution is -2.49. The van der Waals surface area contributed by atoms with E-state index in [1.807, 2.05) is 0 Å². The van der Waals surface area contributed by atoms with Crippen molar-refractivity contribution in [2.75, 3.05) is 13.1 Å². The molecule has 3 unspecified atom stereocenters. The third-order valence-electron chi connectivity index (χ3n) is 4.72.